The third-order valence-corrected chi connectivity index (χ3v) is 3.88. The molecule has 0 radical (unpaired) electrons. The summed E-state index contributed by atoms with van der Waals surface area (Å²) in [6, 6.07) is 12.9. The monoisotopic (exact) mass is 349 g/mol. The third-order valence-electron chi connectivity index (χ3n) is 3.88. The second kappa shape index (κ2) is 7.60. The molecule has 0 saturated heterocycles. The molecule has 3 rings (SSSR count). The van der Waals surface area contributed by atoms with Gasteiger partial charge in [0.25, 0.3) is 5.91 Å². The van der Waals surface area contributed by atoms with Gasteiger partial charge in [-0.3, -0.25) is 9.59 Å². The van der Waals surface area contributed by atoms with Gasteiger partial charge in [0.1, 0.15) is 12.7 Å². The largest absolute Gasteiger partial charge is 0.348 e. The van der Waals surface area contributed by atoms with E-state index in [9.17, 15) is 9.59 Å². The predicted octanol–water partition coefficient (Wildman–Crippen LogP) is 2.46. The molecule has 0 unspecified atom stereocenters. The van der Waals surface area contributed by atoms with E-state index in [1.807, 2.05) is 37.3 Å². The van der Waals surface area contributed by atoms with Crippen molar-refractivity contribution >= 4 is 17.5 Å². The summed E-state index contributed by atoms with van der Waals surface area (Å²) in [6.07, 6.45) is 3.10. The quantitative estimate of drug-likeness (QED) is 0.740. The Bertz CT molecular complexity index is 918. The highest BCUT2D eigenvalue weighted by atomic mass is 16.2. The molecule has 26 heavy (non-hydrogen) atoms. The van der Waals surface area contributed by atoms with Gasteiger partial charge in [0.2, 0.25) is 5.91 Å². The van der Waals surface area contributed by atoms with Crippen LogP contribution in [-0.4, -0.2) is 26.6 Å². The van der Waals surface area contributed by atoms with Gasteiger partial charge in [0.15, 0.2) is 0 Å². The molecule has 2 aromatic carbocycles. The molecular formula is C19H19N5O2. The Morgan fingerprint density at radius 3 is 2.54 bits per heavy atom. The standard InChI is InChI=1S/C19H19N5O2/c1-13-3-6-16(9-18(13)23-14(2)25)19(26)21-10-15-4-7-17(8-5-15)24-12-20-11-22-24/h3-9,11-12H,10H2,1-2H3,(H,21,26)(H,23,25). The first-order valence-electron chi connectivity index (χ1n) is 8.13. The third kappa shape index (κ3) is 4.13. The number of carbonyl (C=O) groups is 2. The van der Waals surface area contributed by atoms with Crippen molar-refractivity contribution in [2.45, 2.75) is 20.4 Å². The first kappa shape index (κ1) is 17.3. The SMILES string of the molecule is CC(=O)Nc1cc(C(=O)NCc2ccc(-n3cncn3)cc2)ccc1C. The molecule has 7 heteroatoms. The lowest BCUT2D eigenvalue weighted by atomic mass is 10.1. The number of hydrogen-bond acceptors (Lipinski definition) is 4. The van der Waals surface area contributed by atoms with Crippen LogP contribution in [0.2, 0.25) is 0 Å². The molecule has 132 valence electrons. The minimum atomic E-state index is -0.197. The Hall–Kier alpha value is -3.48. The molecule has 0 atom stereocenters. The molecule has 0 bridgehead atoms. The van der Waals surface area contributed by atoms with E-state index < -0.39 is 0 Å². The van der Waals surface area contributed by atoms with Crippen LogP contribution < -0.4 is 10.6 Å². The minimum absolute atomic E-state index is 0.168. The van der Waals surface area contributed by atoms with E-state index in [0.29, 0.717) is 17.8 Å². The lowest BCUT2D eigenvalue weighted by Crippen LogP contribution is -2.23. The van der Waals surface area contributed by atoms with Crippen molar-refractivity contribution < 1.29 is 9.59 Å². The average molecular weight is 349 g/mol. The summed E-state index contributed by atoms with van der Waals surface area (Å²) in [4.78, 5) is 27.5. The molecule has 1 aromatic heterocycles. The Morgan fingerprint density at radius 1 is 1.12 bits per heavy atom. The molecule has 0 aliphatic heterocycles. The smallest absolute Gasteiger partial charge is 0.251 e. The van der Waals surface area contributed by atoms with Gasteiger partial charge in [0, 0.05) is 24.7 Å². The van der Waals surface area contributed by atoms with Crippen molar-refractivity contribution in [3.8, 4) is 5.69 Å². The fourth-order valence-electron chi connectivity index (χ4n) is 2.48. The molecule has 2 N–H and O–H groups in total. The molecule has 2 amide bonds. The second-order valence-corrected chi connectivity index (χ2v) is 5.90. The van der Waals surface area contributed by atoms with Crippen LogP contribution in [0.3, 0.4) is 0 Å². The van der Waals surface area contributed by atoms with E-state index in [0.717, 1.165) is 16.8 Å². The van der Waals surface area contributed by atoms with Gasteiger partial charge in [-0.05, 0) is 42.3 Å². The van der Waals surface area contributed by atoms with Crippen molar-refractivity contribution in [2.75, 3.05) is 5.32 Å². The summed E-state index contributed by atoms with van der Waals surface area (Å²) < 4.78 is 1.66. The van der Waals surface area contributed by atoms with Crippen molar-refractivity contribution in [3.05, 3.63) is 71.8 Å². The highest BCUT2D eigenvalue weighted by Gasteiger charge is 2.09. The molecule has 3 aromatic rings. The average Bonchev–Trinajstić information content (AvgIpc) is 3.16. The zero-order chi connectivity index (χ0) is 18.5. The maximum Gasteiger partial charge on any atom is 0.251 e. The van der Waals surface area contributed by atoms with Gasteiger partial charge >= 0.3 is 0 Å². The highest BCUT2D eigenvalue weighted by molar-refractivity contribution is 5.97. The van der Waals surface area contributed by atoms with E-state index in [4.69, 9.17) is 0 Å². The van der Waals surface area contributed by atoms with E-state index in [1.54, 1.807) is 23.1 Å². The lowest BCUT2D eigenvalue weighted by Gasteiger charge is -2.10. The predicted molar refractivity (Wildman–Crippen MR) is 98.0 cm³/mol. The first-order valence-corrected chi connectivity index (χ1v) is 8.13. The minimum Gasteiger partial charge on any atom is -0.348 e. The number of anilines is 1. The number of aromatic nitrogens is 3. The Labute approximate surface area is 151 Å². The van der Waals surface area contributed by atoms with Crippen LogP contribution in [0.4, 0.5) is 5.69 Å². The van der Waals surface area contributed by atoms with E-state index in [-0.39, 0.29) is 11.8 Å². The summed E-state index contributed by atoms with van der Waals surface area (Å²) in [5.41, 5.74) is 3.91. The fraction of sp³-hybridized carbons (Fsp3) is 0.158. The van der Waals surface area contributed by atoms with Crippen LogP contribution in [0, 0.1) is 6.92 Å². The Balaban J connectivity index is 1.64. The van der Waals surface area contributed by atoms with Crippen molar-refractivity contribution in [1.82, 2.24) is 20.1 Å². The Kier molecular flexibility index (Phi) is 5.07. The van der Waals surface area contributed by atoms with Crippen molar-refractivity contribution in [1.29, 1.82) is 0 Å². The number of aryl methyl sites for hydroxylation is 1. The van der Waals surface area contributed by atoms with Crippen LogP contribution in [0.1, 0.15) is 28.4 Å². The lowest BCUT2D eigenvalue weighted by molar-refractivity contribution is -0.114. The molecule has 0 fully saturated rings. The number of hydrogen-bond donors (Lipinski definition) is 2. The van der Waals surface area contributed by atoms with Gasteiger partial charge in [0.05, 0.1) is 5.69 Å². The van der Waals surface area contributed by atoms with Gasteiger partial charge < -0.3 is 10.6 Å². The molecule has 7 nitrogen and oxygen atoms in total. The number of nitrogens with one attached hydrogen (secondary N) is 2. The van der Waals surface area contributed by atoms with Gasteiger partial charge in [-0.2, -0.15) is 5.10 Å². The number of nitrogens with zero attached hydrogens (tertiary/aromatic N) is 3. The van der Waals surface area contributed by atoms with Crippen LogP contribution >= 0.6 is 0 Å². The van der Waals surface area contributed by atoms with Crippen LogP contribution in [-0.2, 0) is 11.3 Å². The highest BCUT2D eigenvalue weighted by Crippen LogP contribution is 2.17. The van der Waals surface area contributed by atoms with Crippen molar-refractivity contribution in [3.63, 3.8) is 0 Å². The fourth-order valence-corrected chi connectivity index (χ4v) is 2.48. The second-order valence-electron chi connectivity index (χ2n) is 5.90. The first-order chi connectivity index (χ1) is 12.5. The summed E-state index contributed by atoms with van der Waals surface area (Å²) >= 11 is 0. The normalized spacial score (nSPS) is 10.4. The summed E-state index contributed by atoms with van der Waals surface area (Å²) in [5.74, 6) is -0.366. The van der Waals surface area contributed by atoms with Crippen LogP contribution in [0.5, 0.6) is 0 Å². The maximum absolute atomic E-state index is 12.4. The van der Waals surface area contributed by atoms with Crippen LogP contribution in [0.25, 0.3) is 5.69 Å². The summed E-state index contributed by atoms with van der Waals surface area (Å²) in [6.45, 7) is 3.72. The van der Waals surface area contributed by atoms with E-state index in [2.05, 4.69) is 20.7 Å². The zero-order valence-electron chi connectivity index (χ0n) is 14.6. The summed E-state index contributed by atoms with van der Waals surface area (Å²) in [7, 11) is 0. The van der Waals surface area contributed by atoms with Gasteiger partial charge in [-0.25, -0.2) is 9.67 Å². The van der Waals surface area contributed by atoms with Crippen LogP contribution in [0.15, 0.2) is 55.1 Å². The van der Waals surface area contributed by atoms with Gasteiger partial charge in [-0.15, -0.1) is 0 Å². The van der Waals surface area contributed by atoms with Gasteiger partial charge in [-0.1, -0.05) is 18.2 Å². The molecule has 0 aliphatic rings. The maximum atomic E-state index is 12.4. The Morgan fingerprint density at radius 2 is 1.88 bits per heavy atom. The number of rotatable bonds is 5. The number of carbonyl (C=O) groups excluding carboxylic acids is 2. The molecule has 0 spiro atoms. The molecule has 0 aliphatic carbocycles. The van der Waals surface area contributed by atoms with Crippen molar-refractivity contribution in [2.24, 2.45) is 0 Å². The number of benzene rings is 2. The zero-order valence-corrected chi connectivity index (χ0v) is 14.6. The topological polar surface area (TPSA) is 88.9 Å². The molecular weight excluding hydrogens is 330 g/mol. The molecule has 1 heterocycles. The summed E-state index contributed by atoms with van der Waals surface area (Å²) in [5, 5.41) is 9.68. The number of amides is 2. The molecule has 0 saturated carbocycles. The van der Waals surface area contributed by atoms with E-state index >= 15 is 0 Å². The van der Waals surface area contributed by atoms with E-state index in [1.165, 1.54) is 13.3 Å².